The second kappa shape index (κ2) is 4.23. The summed E-state index contributed by atoms with van der Waals surface area (Å²) >= 11 is 0. The van der Waals surface area contributed by atoms with E-state index in [4.69, 9.17) is 0 Å². The lowest BCUT2D eigenvalue weighted by Crippen LogP contribution is -2.02. The van der Waals surface area contributed by atoms with Gasteiger partial charge in [-0.1, -0.05) is 0 Å². The van der Waals surface area contributed by atoms with Gasteiger partial charge in [-0.3, -0.25) is 4.79 Å². The van der Waals surface area contributed by atoms with E-state index >= 15 is 0 Å². The maximum Gasteiger partial charge on any atom is 0.305 e. The molecule has 0 fully saturated rings. The quantitative estimate of drug-likeness (QED) is 0.548. The van der Waals surface area contributed by atoms with Crippen molar-refractivity contribution in [3.63, 3.8) is 0 Å². The number of carbonyl (C=O) groups is 1. The minimum atomic E-state index is -2.41. The van der Waals surface area contributed by atoms with Gasteiger partial charge in [0.1, 0.15) is 0 Å². The molecule has 4 heteroatoms. The molecule has 0 N–H and O–H groups in total. The first-order valence-corrected chi connectivity index (χ1v) is 2.51. The molecular weight excluding hydrogens is 130 g/mol. The Balaban J connectivity index is 3.17. The Morgan fingerprint density at radius 1 is 1.67 bits per heavy atom. The maximum atomic E-state index is 11.3. The van der Waals surface area contributed by atoms with Crippen molar-refractivity contribution in [2.45, 2.75) is 19.3 Å². The van der Waals surface area contributed by atoms with Gasteiger partial charge in [0.05, 0.1) is 13.5 Å². The fraction of sp³-hybridized carbons (Fsp3) is 0.800. The number of hydrogen-bond acceptors (Lipinski definition) is 2. The minimum Gasteiger partial charge on any atom is -0.469 e. The van der Waals surface area contributed by atoms with Crippen LogP contribution in [0.2, 0.25) is 0 Å². The van der Waals surface area contributed by atoms with Gasteiger partial charge in [-0.15, -0.1) is 0 Å². The van der Waals surface area contributed by atoms with Crippen molar-refractivity contribution in [1.29, 1.82) is 0 Å². The molecule has 0 saturated carbocycles. The first kappa shape index (κ1) is 8.33. The average Bonchev–Trinajstić information content (AvgIpc) is 1.83. The first-order valence-electron chi connectivity index (χ1n) is 2.51. The Hall–Kier alpha value is -0.670. The second-order valence-corrected chi connectivity index (χ2v) is 1.51. The Kier molecular flexibility index (Phi) is 3.92. The van der Waals surface area contributed by atoms with E-state index < -0.39 is 18.8 Å². The van der Waals surface area contributed by atoms with Crippen LogP contribution in [0.4, 0.5) is 8.78 Å². The van der Waals surface area contributed by atoms with E-state index in [1.807, 2.05) is 0 Å². The van der Waals surface area contributed by atoms with Crippen molar-refractivity contribution in [2.75, 3.05) is 7.11 Å². The van der Waals surface area contributed by atoms with E-state index in [0.717, 1.165) is 0 Å². The molecule has 0 radical (unpaired) electrons. The zero-order valence-electron chi connectivity index (χ0n) is 5.06. The van der Waals surface area contributed by atoms with Crippen LogP contribution in [0.5, 0.6) is 0 Å². The molecule has 2 nitrogen and oxygen atoms in total. The largest absolute Gasteiger partial charge is 0.469 e. The lowest BCUT2D eigenvalue weighted by molar-refractivity contribution is -0.141. The molecule has 0 unspecified atom stereocenters. The molecule has 0 aromatic rings. The zero-order valence-corrected chi connectivity index (χ0v) is 5.06. The van der Waals surface area contributed by atoms with E-state index in [0.29, 0.717) is 0 Å². The topological polar surface area (TPSA) is 26.3 Å². The van der Waals surface area contributed by atoms with Gasteiger partial charge in [0.25, 0.3) is 0 Å². The molecule has 0 spiro atoms. The van der Waals surface area contributed by atoms with Crippen LogP contribution in [-0.4, -0.2) is 19.5 Å². The van der Waals surface area contributed by atoms with Crippen LogP contribution in [-0.2, 0) is 9.53 Å². The molecule has 0 aliphatic rings. The molecule has 0 amide bonds. The SMILES string of the molecule is COC(=O)CCC(F)F. The molecule has 0 atom stereocenters. The van der Waals surface area contributed by atoms with E-state index in [1.165, 1.54) is 7.11 Å². The van der Waals surface area contributed by atoms with E-state index in [-0.39, 0.29) is 6.42 Å². The number of carbonyl (C=O) groups excluding carboxylic acids is 1. The third kappa shape index (κ3) is 5.20. The summed E-state index contributed by atoms with van der Waals surface area (Å²) < 4.78 is 26.8. The van der Waals surface area contributed by atoms with Crippen LogP contribution in [0.3, 0.4) is 0 Å². The molecule has 0 bridgehead atoms. The third-order valence-electron chi connectivity index (χ3n) is 0.794. The van der Waals surface area contributed by atoms with Crippen molar-refractivity contribution < 1.29 is 18.3 Å². The van der Waals surface area contributed by atoms with Crippen LogP contribution in [0.25, 0.3) is 0 Å². The van der Waals surface area contributed by atoms with Crippen LogP contribution in [0, 0.1) is 0 Å². The predicted octanol–water partition coefficient (Wildman–Crippen LogP) is 1.20. The molecule has 0 heterocycles. The number of ether oxygens (including phenoxy) is 1. The van der Waals surface area contributed by atoms with E-state index in [1.54, 1.807) is 0 Å². The summed E-state index contributed by atoms with van der Waals surface area (Å²) in [5, 5.41) is 0. The summed E-state index contributed by atoms with van der Waals surface area (Å²) in [5.74, 6) is -0.588. The van der Waals surface area contributed by atoms with Crippen LogP contribution >= 0.6 is 0 Å². The second-order valence-electron chi connectivity index (χ2n) is 1.51. The van der Waals surface area contributed by atoms with E-state index in [2.05, 4.69) is 4.74 Å². The number of rotatable bonds is 3. The molecule has 0 aromatic heterocycles. The molecule has 9 heavy (non-hydrogen) atoms. The third-order valence-corrected chi connectivity index (χ3v) is 0.794. The van der Waals surface area contributed by atoms with Crippen LogP contribution in [0.1, 0.15) is 12.8 Å². The summed E-state index contributed by atoms with van der Waals surface area (Å²) in [4.78, 5) is 10.2. The highest BCUT2D eigenvalue weighted by atomic mass is 19.3. The zero-order chi connectivity index (χ0) is 7.28. The van der Waals surface area contributed by atoms with Crippen molar-refractivity contribution in [2.24, 2.45) is 0 Å². The summed E-state index contributed by atoms with van der Waals surface area (Å²) in [6.07, 6.45) is -3.02. The van der Waals surface area contributed by atoms with Gasteiger partial charge in [-0.2, -0.15) is 0 Å². The lowest BCUT2D eigenvalue weighted by atomic mass is 10.3. The molecule has 54 valence electrons. The van der Waals surface area contributed by atoms with Gasteiger partial charge in [0, 0.05) is 6.42 Å². The van der Waals surface area contributed by atoms with Gasteiger partial charge in [0.15, 0.2) is 0 Å². The molecule has 0 saturated heterocycles. The number of methoxy groups -OCH3 is 1. The van der Waals surface area contributed by atoms with Gasteiger partial charge in [-0.25, -0.2) is 8.78 Å². The fourth-order valence-corrected chi connectivity index (χ4v) is 0.329. The smallest absolute Gasteiger partial charge is 0.305 e. The fourth-order valence-electron chi connectivity index (χ4n) is 0.329. The molecular formula is C5H8F2O2. The molecule has 0 aliphatic carbocycles. The van der Waals surface area contributed by atoms with Crippen LogP contribution in [0.15, 0.2) is 0 Å². The van der Waals surface area contributed by atoms with Crippen molar-refractivity contribution >= 4 is 5.97 Å². The number of alkyl halides is 2. The Bertz CT molecular complexity index is 93.0. The Labute approximate surface area is 51.8 Å². The monoisotopic (exact) mass is 138 g/mol. The van der Waals surface area contributed by atoms with Crippen molar-refractivity contribution in [3.05, 3.63) is 0 Å². The minimum absolute atomic E-state index is 0.200. The molecule has 0 aliphatic heterocycles. The van der Waals surface area contributed by atoms with Gasteiger partial charge in [-0.05, 0) is 0 Å². The number of hydrogen-bond donors (Lipinski definition) is 0. The summed E-state index contributed by atoms with van der Waals surface area (Å²) in [6.45, 7) is 0. The highest BCUT2D eigenvalue weighted by molar-refractivity contribution is 5.69. The molecule has 0 aromatic carbocycles. The summed E-state index contributed by atoms with van der Waals surface area (Å²) in [6, 6.07) is 0. The number of halogens is 2. The van der Waals surface area contributed by atoms with Gasteiger partial charge in [0.2, 0.25) is 6.43 Å². The average molecular weight is 138 g/mol. The predicted molar refractivity (Wildman–Crippen MR) is 27.3 cm³/mol. The highest BCUT2D eigenvalue weighted by Gasteiger charge is 2.06. The maximum absolute atomic E-state index is 11.3. The van der Waals surface area contributed by atoms with Gasteiger partial charge < -0.3 is 4.74 Å². The molecule has 0 rings (SSSR count). The normalized spacial score (nSPS) is 9.78. The Morgan fingerprint density at radius 3 is 2.56 bits per heavy atom. The Morgan fingerprint density at radius 2 is 2.22 bits per heavy atom. The van der Waals surface area contributed by atoms with Crippen molar-refractivity contribution in [1.82, 2.24) is 0 Å². The van der Waals surface area contributed by atoms with Crippen molar-refractivity contribution in [3.8, 4) is 0 Å². The number of esters is 1. The van der Waals surface area contributed by atoms with Gasteiger partial charge >= 0.3 is 5.97 Å². The highest BCUT2D eigenvalue weighted by Crippen LogP contribution is 2.02. The standard InChI is InChI=1S/C5H8F2O2/c1-9-5(8)3-2-4(6)7/h4H,2-3H2,1H3. The summed E-state index contributed by atoms with van der Waals surface area (Å²) in [5.41, 5.74) is 0. The lowest BCUT2D eigenvalue weighted by Gasteiger charge is -1.96. The van der Waals surface area contributed by atoms with E-state index in [9.17, 15) is 13.6 Å². The first-order chi connectivity index (χ1) is 4.16. The summed E-state index contributed by atoms with van der Waals surface area (Å²) in [7, 11) is 1.17. The van der Waals surface area contributed by atoms with Crippen LogP contribution < -0.4 is 0 Å².